The highest BCUT2D eigenvalue weighted by molar-refractivity contribution is 5.85. The van der Waals surface area contributed by atoms with Gasteiger partial charge in [0.2, 0.25) is 0 Å². The van der Waals surface area contributed by atoms with Crippen molar-refractivity contribution in [3.63, 3.8) is 0 Å². The average Bonchev–Trinajstić information content (AvgIpc) is 3.57. The van der Waals surface area contributed by atoms with Crippen LogP contribution in [0.2, 0.25) is 0 Å². The first-order chi connectivity index (χ1) is 22.2. The highest BCUT2D eigenvalue weighted by Gasteiger charge is 2.71. The van der Waals surface area contributed by atoms with E-state index in [1.165, 1.54) is 0 Å². The fourth-order valence-corrected chi connectivity index (χ4v) is 11.0. The molecular formula is C34H50O13. The number of fused-ring (bicyclic) bond motifs is 5. The van der Waals surface area contributed by atoms with Gasteiger partial charge in [-0.3, -0.25) is 0 Å². The minimum Gasteiger partial charge on any atom is -0.458 e. The summed E-state index contributed by atoms with van der Waals surface area (Å²) in [6.07, 6.45) is -1.89. The van der Waals surface area contributed by atoms with Gasteiger partial charge in [0.15, 0.2) is 12.6 Å². The van der Waals surface area contributed by atoms with Gasteiger partial charge in [-0.1, -0.05) is 6.92 Å². The molecule has 0 amide bonds. The Balaban J connectivity index is 1.01. The van der Waals surface area contributed by atoms with Crippen molar-refractivity contribution in [2.75, 3.05) is 13.2 Å². The molecule has 16 atom stereocenters. The highest BCUT2D eigenvalue weighted by Crippen LogP contribution is 2.70. The Labute approximate surface area is 274 Å². The fourth-order valence-electron chi connectivity index (χ4n) is 11.0. The number of rotatable bonds is 6. The molecule has 7 rings (SSSR count). The van der Waals surface area contributed by atoms with Crippen LogP contribution in [0.15, 0.2) is 11.6 Å². The molecule has 12 unspecified atom stereocenters. The number of ether oxygens (including phenoxy) is 5. The van der Waals surface area contributed by atoms with Gasteiger partial charge < -0.3 is 59.1 Å². The molecule has 2 saturated heterocycles. The Hall–Kier alpha value is -1.52. The largest absolute Gasteiger partial charge is 0.458 e. The van der Waals surface area contributed by atoms with Gasteiger partial charge in [0.1, 0.15) is 37.3 Å². The van der Waals surface area contributed by atoms with Gasteiger partial charge in [-0.25, -0.2) is 4.79 Å². The predicted molar refractivity (Wildman–Crippen MR) is 160 cm³/mol. The minimum absolute atomic E-state index is 0.0370. The zero-order valence-corrected chi connectivity index (χ0v) is 27.1. The second kappa shape index (κ2) is 12.1. The van der Waals surface area contributed by atoms with E-state index in [0.717, 1.165) is 18.3 Å². The van der Waals surface area contributed by atoms with Crippen LogP contribution in [0, 0.1) is 28.6 Å². The van der Waals surface area contributed by atoms with Crippen molar-refractivity contribution >= 4 is 12.3 Å². The van der Waals surface area contributed by atoms with Crippen molar-refractivity contribution in [2.45, 2.75) is 145 Å². The first-order valence-electron chi connectivity index (χ1n) is 17.3. The van der Waals surface area contributed by atoms with E-state index in [1.54, 1.807) is 13.0 Å². The molecule has 0 aromatic heterocycles. The molecule has 3 heterocycles. The first kappa shape index (κ1) is 34.0. The van der Waals surface area contributed by atoms with Crippen molar-refractivity contribution in [1.29, 1.82) is 0 Å². The topological polar surface area (TPSA) is 202 Å². The summed E-state index contributed by atoms with van der Waals surface area (Å²) in [6.45, 7) is 3.86. The van der Waals surface area contributed by atoms with E-state index in [4.69, 9.17) is 23.7 Å². The highest BCUT2D eigenvalue weighted by atomic mass is 16.7. The number of carbonyl (C=O) groups excluding carboxylic acids is 2. The normalized spacial score (nSPS) is 54.6. The average molecular weight is 667 g/mol. The summed E-state index contributed by atoms with van der Waals surface area (Å²) in [4.78, 5) is 25.0. The maximum Gasteiger partial charge on any atom is 0.331 e. The van der Waals surface area contributed by atoms with Gasteiger partial charge >= 0.3 is 5.97 Å². The molecular weight excluding hydrogens is 616 g/mol. The molecule has 4 aliphatic carbocycles. The zero-order valence-electron chi connectivity index (χ0n) is 27.1. The molecule has 0 aromatic rings. The van der Waals surface area contributed by atoms with Crippen LogP contribution < -0.4 is 0 Å². The van der Waals surface area contributed by atoms with E-state index in [9.17, 15) is 40.2 Å². The maximum absolute atomic E-state index is 13.1. The molecule has 4 saturated carbocycles. The van der Waals surface area contributed by atoms with Crippen LogP contribution in [0.4, 0.5) is 0 Å². The number of hydrogen-bond acceptors (Lipinski definition) is 13. The summed E-state index contributed by atoms with van der Waals surface area (Å²) in [5.74, 6) is -0.635. The number of aliphatic hydroxyl groups is 6. The number of aliphatic hydroxyl groups excluding tert-OH is 4. The molecule has 0 radical (unpaired) electrons. The molecule has 6 fully saturated rings. The van der Waals surface area contributed by atoms with Crippen molar-refractivity contribution < 1.29 is 63.9 Å². The lowest BCUT2D eigenvalue weighted by Crippen LogP contribution is -2.69. The molecule has 0 aromatic carbocycles. The van der Waals surface area contributed by atoms with Crippen LogP contribution in [0.5, 0.6) is 0 Å². The molecule has 0 spiro atoms. The van der Waals surface area contributed by atoms with Gasteiger partial charge in [-0.2, -0.15) is 0 Å². The molecule has 0 bridgehead atoms. The van der Waals surface area contributed by atoms with Crippen LogP contribution in [-0.4, -0.2) is 123 Å². The molecule has 13 nitrogen and oxygen atoms in total. The number of carbonyl (C=O) groups is 2. The number of hydrogen-bond donors (Lipinski definition) is 6. The second-order valence-corrected chi connectivity index (χ2v) is 15.7. The van der Waals surface area contributed by atoms with E-state index in [2.05, 4.69) is 6.92 Å². The van der Waals surface area contributed by atoms with Gasteiger partial charge in [0, 0.05) is 24.3 Å². The van der Waals surface area contributed by atoms with Crippen LogP contribution in [0.25, 0.3) is 0 Å². The van der Waals surface area contributed by atoms with E-state index in [0.29, 0.717) is 44.9 Å². The number of esters is 1. The van der Waals surface area contributed by atoms with Crippen LogP contribution in [0.1, 0.15) is 78.1 Å². The van der Waals surface area contributed by atoms with Crippen LogP contribution in [-0.2, 0) is 33.3 Å². The molecule has 264 valence electrons. The lowest BCUT2D eigenvalue weighted by molar-refractivity contribution is -0.331. The standard InChI is InChI=1S/C34H50O13/c1-17-29(47-30-28(40)27(39)24(37)15-44-30)23(36)12-26(45-17)46-19-3-8-32(16-35)21-4-7-31(2)20(18-11-25(38)43-14-18)6-10-34(31,42)22(21)5-9-33(32,41)13-19/h11,16-17,19-24,26-30,36-37,39-42H,3-10,12-15H2,1-2H3/t17?,19?,20-,21?,22?,23?,24?,26?,27?,28?,29-,30?,31+,32-,33?,34?/m0/s1. The minimum atomic E-state index is -1.50. The Bertz CT molecular complexity index is 1250. The monoisotopic (exact) mass is 666 g/mol. The first-order valence-corrected chi connectivity index (χ1v) is 17.3. The van der Waals surface area contributed by atoms with E-state index in [-0.39, 0.29) is 49.8 Å². The Morgan fingerprint density at radius 1 is 0.936 bits per heavy atom. The molecule has 6 N–H and O–H groups in total. The van der Waals surface area contributed by atoms with Gasteiger partial charge in [0.05, 0.1) is 41.5 Å². The maximum atomic E-state index is 13.1. The number of aldehydes is 1. The van der Waals surface area contributed by atoms with Crippen molar-refractivity contribution in [2.24, 2.45) is 28.6 Å². The van der Waals surface area contributed by atoms with E-state index < -0.39 is 77.3 Å². The zero-order chi connectivity index (χ0) is 33.5. The molecule has 47 heavy (non-hydrogen) atoms. The lowest BCUT2D eigenvalue weighted by Gasteiger charge is -2.65. The van der Waals surface area contributed by atoms with Crippen LogP contribution in [0.3, 0.4) is 0 Å². The van der Waals surface area contributed by atoms with Gasteiger partial charge in [-0.15, -0.1) is 0 Å². The summed E-state index contributed by atoms with van der Waals surface area (Å²) in [5, 5.41) is 65.7. The third kappa shape index (κ3) is 5.18. The predicted octanol–water partition coefficient (Wildman–Crippen LogP) is 0.243. The summed E-state index contributed by atoms with van der Waals surface area (Å²) in [6, 6.07) is 0. The summed E-state index contributed by atoms with van der Waals surface area (Å²) in [7, 11) is 0. The Morgan fingerprint density at radius 3 is 2.40 bits per heavy atom. The van der Waals surface area contributed by atoms with Crippen molar-refractivity contribution in [1.82, 2.24) is 0 Å². The van der Waals surface area contributed by atoms with Gasteiger partial charge in [0.25, 0.3) is 0 Å². The van der Waals surface area contributed by atoms with Crippen molar-refractivity contribution in [3.05, 3.63) is 11.6 Å². The Morgan fingerprint density at radius 2 is 1.70 bits per heavy atom. The Kier molecular flexibility index (Phi) is 8.72. The number of cyclic esters (lactones) is 1. The SMILES string of the molecule is CC1OC(OC2CC[C@]3(C=O)C4CC[C@]5(C)[C@H](C6=CC(=O)OC6)CCC5(O)C4CCC3(O)C2)CC(O)[C@H]1OC1OCC(O)C(O)C1O. The quantitative estimate of drug-likeness (QED) is 0.128. The molecule has 7 aliphatic rings. The fraction of sp³-hybridized carbons (Fsp3) is 0.882. The van der Waals surface area contributed by atoms with Crippen LogP contribution >= 0.6 is 0 Å². The lowest BCUT2D eigenvalue weighted by atomic mass is 9.41. The molecule has 3 aliphatic heterocycles. The summed E-state index contributed by atoms with van der Waals surface area (Å²) >= 11 is 0. The van der Waals surface area contributed by atoms with Gasteiger partial charge in [-0.05, 0) is 81.6 Å². The third-order valence-corrected chi connectivity index (χ3v) is 13.6. The van der Waals surface area contributed by atoms with E-state index in [1.807, 2.05) is 0 Å². The summed E-state index contributed by atoms with van der Waals surface area (Å²) in [5.41, 5.74) is -2.86. The van der Waals surface area contributed by atoms with E-state index >= 15 is 0 Å². The summed E-state index contributed by atoms with van der Waals surface area (Å²) < 4.78 is 28.7. The third-order valence-electron chi connectivity index (χ3n) is 13.6. The van der Waals surface area contributed by atoms with Crippen molar-refractivity contribution in [3.8, 4) is 0 Å². The second-order valence-electron chi connectivity index (χ2n) is 15.7. The smallest absolute Gasteiger partial charge is 0.331 e. The molecule has 13 heteroatoms.